The van der Waals surface area contributed by atoms with Crippen molar-refractivity contribution in [1.29, 1.82) is 0 Å². The van der Waals surface area contributed by atoms with Crippen LogP contribution in [0.5, 0.6) is 0 Å². The van der Waals surface area contributed by atoms with Crippen LogP contribution < -0.4 is 16.4 Å². The molecule has 0 aromatic rings. The molecule has 3 heteroatoms. The van der Waals surface area contributed by atoms with Gasteiger partial charge in [0.15, 0.2) is 0 Å². The van der Waals surface area contributed by atoms with Gasteiger partial charge in [0.25, 0.3) is 0 Å². The van der Waals surface area contributed by atoms with Gasteiger partial charge in [0.2, 0.25) is 0 Å². The Kier molecular flexibility index (Phi) is 12.2. The monoisotopic (exact) mass is 297 g/mol. The first-order valence-electron chi connectivity index (χ1n) is 9.52. The van der Waals surface area contributed by atoms with Crippen molar-refractivity contribution in [3.63, 3.8) is 0 Å². The fraction of sp³-hybridized carbons (Fsp3) is 1.00. The van der Waals surface area contributed by atoms with Gasteiger partial charge in [0.05, 0.1) is 0 Å². The average molecular weight is 298 g/mol. The number of hydrogen-bond acceptors (Lipinski definition) is 3. The topological polar surface area (TPSA) is 50.1 Å². The summed E-state index contributed by atoms with van der Waals surface area (Å²) in [5.74, 6) is 0.786. The zero-order chi connectivity index (χ0) is 15.2. The van der Waals surface area contributed by atoms with Gasteiger partial charge in [0.1, 0.15) is 0 Å². The summed E-state index contributed by atoms with van der Waals surface area (Å²) < 4.78 is 0. The summed E-state index contributed by atoms with van der Waals surface area (Å²) in [5, 5.41) is 7.46. The third-order valence-electron chi connectivity index (χ3n) is 4.88. The lowest BCUT2D eigenvalue weighted by molar-refractivity contribution is 0.303. The molecule has 126 valence electrons. The lowest BCUT2D eigenvalue weighted by Crippen LogP contribution is -2.41. The van der Waals surface area contributed by atoms with E-state index in [1.54, 1.807) is 0 Å². The molecule has 1 rings (SSSR count). The smallest absolute Gasteiger partial charge is 0.0105 e. The largest absolute Gasteiger partial charge is 0.330 e. The van der Waals surface area contributed by atoms with Crippen LogP contribution in [0.2, 0.25) is 0 Å². The van der Waals surface area contributed by atoms with Gasteiger partial charge in [-0.1, -0.05) is 51.9 Å². The molecule has 3 nitrogen and oxygen atoms in total. The molecule has 1 saturated heterocycles. The van der Waals surface area contributed by atoms with Gasteiger partial charge in [-0.25, -0.2) is 0 Å². The van der Waals surface area contributed by atoms with Crippen molar-refractivity contribution in [1.82, 2.24) is 10.6 Å². The molecule has 0 saturated carbocycles. The molecule has 0 aromatic carbocycles. The van der Waals surface area contributed by atoms with Gasteiger partial charge in [-0.05, 0) is 57.8 Å². The predicted molar refractivity (Wildman–Crippen MR) is 93.7 cm³/mol. The fourth-order valence-electron chi connectivity index (χ4n) is 3.48. The van der Waals surface area contributed by atoms with E-state index in [-0.39, 0.29) is 0 Å². The van der Waals surface area contributed by atoms with E-state index in [9.17, 15) is 0 Å². The van der Waals surface area contributed by atoms with Crippen LogP contribution in [0.15, 0.2) is 0 Å². The quantitative estimate of drug-likeness (QED) is 0.658. The summed E-state index contributed by atoms with van der Waals surface area (Å²) in [5.41, 5.74) is 5.61. The van der Waals surface area contributed by atoms with E-state index < -0.39 is 0 Å². The van der Waals surface area contributed by atoms with Crippen molar-refractivity contribution in [3.05, 3.63) is 0 Å². The van der Waals surface area contributed by atoms with Crippen molar-refractivity contribution < 1.29 is 0 Å². The van der Waals surface area contributed by atoms with Gasteiger partial charge in [-0.2, -0.15) is 0 Å². The average Bonchev–Trinajstić information content (AvgIpc) is 2.53. The van der Waals surface area contributed by atoms with E-state index in [0.29, 0.717) is 6.04 Å². The summed E-state index contributed by atoms with van der Waals surface area (Å²) in [6.07, 6.45) is 15.1. The highest BCUT2D eigenvalue weighted by Gasteiger charge is 2.18. The van der Waals surface area contributed by atoms with Crippen LogP contribution in [0.1, 0.15) is 77.6 Å². The third kappa shape index (κ3) is 9.49. The van der Waals surface area contributed by atoms with Crippen LogP contribution in [-0.4, -0.2) is 32.2 Å². The van der Waals surface area contributed by atoms with Crippen LogP contribution in [0.25, 0.3) is 0 Å². The normalized spacial score (nSPS) is 24.6. The summed E-state index contributed by atoms with van der Waals surface area (Å²) >= 11 is 0. The number of rotatable bonds is 6. The van der Waals surface area contributed by atoms with E-state index >= 15 is 0 Å². The van der Waals surface area contributed by atoms with Crippen LogP contribution in [0.3, 0.4) is 0 Å². The molecular formula is C18H39N3. The number of nitrogens with one attached hydrogen (secondary N) is 2. The molecule has 0 aliphatic carbocycles. The van der Waals surface area contributed by atoms with E-state index in [1.165, 1.54) is 77.3 Å². The molecule has 1 aliphatic rings. The SMILES string of the molecule is CCC(NCCCN)C1CCCCCCCCCCNC1. The van der Waals surface area contributed by atoms with E-state index in [1.807, 2.05) is 0 Å². The Balaban J connectivity index is 2.39. The van der Waals surface area contributed by atoms with E-state index in [0.717, 1.165) is 25.4 Å². The van der Waals surface area contributed by atoms with Gasteiger partial charge in [-0.3, -0.25) is 0 Å². The molecule has 4 N–H and O–H groups in total. The first kappa shape index (κ1) is 18.9. The van der Waals surface area contributed by atoms with Crippen LogP contribution >= 0.6 is 0 Å². The number of hydrogen-bond donors (Lipinski definition) is 3. The molecule has 1 aliphatic heterocycles. The van der Waals surface area contributed by atoms with Gasteiger partial charge in [-0.15, -0.1) is 0 Å². The Morgan fingerprint density at radius 2 is 1.71 bits per heavy atom. The predicted octanol–water partition coefficient (Wildman–Crippen LogP) is 3.43. The Morgan fingerprint density at radius 3 is 2.38 bits per heavy atom. The van der Waals surface area contributed by atoms with Crippen molar-refractivity contribution >= 4 is 0 Å². The molecule has 0 aromatic heterocycles. The highest BCUT2D eigenvalue weighted by Crippen LogP contribution is 2.18. The Labute approximate surface area is 132 Å². The van der Waals surface area contributed by atoms with Crippen molar-refractivity contribution in [3.8, 4) is 0 Å². The zero-order valence-corrected chi connectivity index (χ0v) is 14.3. The minimum atomic E-state index is 0.661. The van der Waals surface area contributed by atoms with Crippen LogP contribution in [0, 0.1) is 5.92 Å². The van der Waals surface area contributed by atoms with Crippen molar-refractivity contribution in [2.24, 2.45) is 11.7 Å². The second kappa shape index (κ2) is 13.5. The van der Waals surface area contributed by atoms with Gasteiger partial charge in [0, 0.05) is 6.04 Å². The second-order valence-electron chi connectivity index (χ2n) is 6.69. The summed E-state index contributed by atoms with van der Waals surface area (Å²) in [7, 11) is 0. The number of nitrogens with two attached hydrogens (primary N) is 1. The highest BCUT2D eigenvalue weighted by atomic mass is 14.9. The van der Waals surface area contributed by atoms with E-state index in [2.05, 4.69) is 17.6 Å². The fourth-order valence-corrected chi connectivity index (χ4v) is 3.48. The maximum absolute atomic E-state index is 5.61. The Morgan fingerprint density at radius 1 is 1.05 bits per heavy atom. The maximum Gasteiger partial charge on any atom is 0.0105 e. The lowest BCUT2D eigenvalue weighted by atomic mass is 9.91. The summed E-state index contributed by atoms with van der Waals surface area (Å²) in [6, 6.07) is 0.661. The molecule has 0 amide bonds. The Bertz CT molecular complexity index is 207. The Hall–Kier alpha value is -0.120. The molecule has 2 atom stereocenters. The molecular weight excluding hydrogens is 258 g/mol. The van der Waals surface area contributed by atoms with Crippen LogP contribution in [0.4, 0.5) is 0 Å². The molecule has 21 heavy (non-hydrogen) atoms. The maximum atomic E-state index is 5.61. The zero-order valence-electron chi connectivity index (χ0n) is 14.3. The molecule has 0 bridgehead atoms. The highest BCUT2D eigenvalue weighted by molar-refractivity contribution is 4.77. The minimum absolute atomic E-state index is 0.661. The molecule has 0 radical (unpaired) electrons. The van der Waals surface area contributed by atoms with E-state index in [4.69, 9.17) is 5.73 Å². The first-order valence-corrected chi connectivity index (χ1v) is 9.52. The van der Waals surface area contributed by atoms with Gasteiger partial charge >= 0.3 is 0 Å². The second-order valence-corrected chi connectivity index (χ2v) is 6.69. The minimum Gasteiger partial charge on any atom is -0.330 e. The molecule has 1 heterocycles. The lowest BCUT2D eigenvalue weighted by Gasteiger charge is -2.28. The molecule has 2 unspecified atom stereocenters. The summed E-state index contributed by atoms with van der Waals surface area (Å²) in [6.45, 7) is 6.59. The molecule has 1 fully saturated rings. The standard InChI is InChI=1S/C18H39N3/c1-2-18(21-15-11-13-19)17-12-9-7-5-3-4-6-8-10-14-20-16-17/h17-18,20-21H,2-16,19H2,1H3. The van der Waals surface area contributed by atoms with Crippen molar-refractivity contribution in [2.45, 2.75) is 83.6 Å². The van der Waals surface area contributed by atoms with Crippen molar-refractivity contribution in [2.75, 3.05) is 26.2 Å². The first-order chi connectivity index (χ1) is 10.4. The third-order valence-corrected chi connectivity index (χ3v) is 4.88. The van der Waals surface area contributed by atoms with Crippen LogP contribution in [-0.2, 0) is 0 Å². The summed E-state index contributed by atoms with van der Waals surface area (Å²) in [4.78, 5) is 0. The molecule has 0 spiro atoms. The van der Waals surface area contributed by atoms with Gasteiger partial charge < -0.3 is 16.4 Å².